The Bertz CT molecular complexity index is 942. The van der Waals surface area contributed by atoms with Gasteiger partial charge >= 0.3 is 0 Å². The van der Waals surface area contributed by atoms with Crippen molar-refractivity contribution in [2.24, 2.45) is 0 Å². The van der Waals surface area contributed by atoms with E-state index in [2.05, 4.69) is 22.2 Å². The fourth-order valence-electron chi connectivity index (χ4n) is 2.50. The van der Waals surface area contributed by atoms with Gasteiger partial charge in [-0.2, -0.15) is 11.8 Å². The Morgan fingerprint density at radius 2 is 2.04 bits per heavy atom. The van der Waals surface area contributed by atoms with Gasteiger partial charge in [0.1, 0.15) is 18.0 Å². The number of ether oxygens (including phenoxy) is 2. The van der Waals surface area contributed by atoms with E-state index in [0.29, 0.717) is 35.1 Å². The third-order valence-electron chi connectivity index (χ3n) is 3.79. The quantitative estimate of drug-likeness (QED) is 0.511. The third kappa shape index (κ3) is 4.73. The summed E-state index contributed by atoms with van der Waals surface area (Å²) >= 11 is 7.67. The molecular weight excluding hydrogens is 389 g/mol. The van der Waals surface area contributed by atoms with Crippen molar-refractivity contribution >= 4 is 45.8 Å². The molecule has 0 atom stereocenters. The van der Waals surface area contributed by atoms with Crippen LogP contribution in [0.5, 0.6) is 11.5 Å². The number of anilines is 2. The van der Waals surface area contributed by atoms with E-state index < -0.39 is 5.82 Å². The van der Waals surface area contributed by atoms with Gasteiger partial charge in [-0.15, -0.1) is 0 Å². The van der Waals surface area contributed by atoms with Crippen molar-refractivity contribution in [2.45, 2.75) is 6.92 Å². The van der Waals surface area contributed by atoms with Gasteiger partial charge in [-0.3, -0.25) is 0 Å². The molecule has 2 aromatic carbocycles. The van der Waals surface area contributed by atoms with Crippen LogP contribution in [0.2, 0.25) is 5.02 Å². The molecule has 3 rings (SSSR count). The third-order valence-corrected chi connectivity index (χ3v) is 4.95. The summed E-state index contributed by atoms with van der Waals surface area (Å²) in [6.45, 7) is 2.68. The van der Waals surface area contributed by atoms with E-state index in [4.69, 9.17) is 21.1 Å². The molecule has 0 bridgehead atoms. The molecule has 0 saturated heterocycles. The van der Waals surface area contributed by atoms with Gasteiger partial charge in [-0.25, -0.2) is 14.4 Å². The van der Waals surface area contributed by atoms with Crippen LogP contribution in [0.15, 0.2) is 36.7 Å². The Balaban J connectivity index is 1.94. The summed E-state index contributed by atoms with van der Waals surface area (Å²) in [5.74, 6) is 3.26. The summed E-state index contributed by atoms with van der Waals surface area (Å²) < 4.78 is 24.7. The fourth-order valence-corrected chi connectivity index (χ4v) is 3.17. The Hall–Kier alpha value is -2.25. The topological polar surface area (TPSA) is 56.3 Å². The van der Waals surface area contributed by atoms with E-state index >= 15 is 0 Å². The number of hydrogen-bond acceptors (Lipinski definition) is 6. The second kappa shape index (κ2) is 9.10. The van der Waals surface area contributed by atoms with Crippen LogP contribution in [-0.2, 0) is 0 Å². The number of benzene rings is 2. The molecule has 1 aromatic heterocycles. The van der Waals surface area contributed by atoms with Crippen molar-refractivity contribution < 1.29 is 13.9 Å². The van der Waals surface area contributed by atoms with Gasteiger partial charge in [-0.1, -0.05) is 18.5 Å². The lowest BCUT2D eigenvalue weighted by Gasteiger charge is -2.14. The maximum Gasteiger partial charge on any atom is 0.162 e. The molecule has 1 heterocycles. The lowest BCUT2D eigenvalue weighted by atomic mass is 10.2. The molecule has 27 heavy (non-hydrogen) atoms. The summed E-state index contributed by atoms with van der Waals surface area (Å²) in [7, 11) is 1.59. The maximum absolute atomic E-state index is 13.4. The monoisotopic (exact) mass is 407 g/mol. The minimum absolute atomic E-state index is 0.0393. The Labute approximate surface area is 166 Å². The van der Waals surface area contributed by atoms with Crippen molar-refractivity contribution in [3.8, 4) is 11.5 Å². The number of thioether (sulfide) groups is 1. The van der Waals surface area contributed by atoms with Crippen LogP contribution in [-0.4, -0.2) is 35.2 Å². The van der Waals surface area contributed by atoms with Crippen molar-refractivity contribution in [2.75, 3.05) is 30.5 Å². The van der Waals surface area contributed by atoms with E-state index in [-0.39, 0.29) is 5.02 Å². The summed E-state index contributed by atoms with van der Waals surface area (Å²) in [5.41, 5.74) is 1.33. The van der Waals surface area contributed by atoms with Gasteiger partial charge in [0.15, 0.2) is 11.5 Å². The van der Waals surface area contributed by atoms with Crippen LogP contribution in [0.25, 0.3) is 10.9 Å². The second-order valence-electron chi connectivity index (χ2n) is 5.54. The molecule has 5 nitrogen and oxygen atoms in total. The average molecular weight is 408 g/mol. The van der Waals surface area contributed by atoms with Crippen LogP contribution in [0.4, 0.5) is 15.9 Å². The van der Waals surface area contributed by atoms with E-state index in [1.54, 1.807) is 24.9 Å². The van der Waals surface area contributed by atoms with Gasteiger partial charge < -0.3 is 14.8 Å². The van der Waals surface area contributed by atoms with Gasteiger partial charge in [0.05, 0.1) is 24.3 Å². The number of methoxy groups -OCH3 is 1. The highest BCUT2D eigenvalue weighted by Gasteiger charge is 2.12. The van der Waals surface area contributed by atoms with Crippen LogP contribution in [0.3, 0.4) is 0 Å². The van der Waals surface area contributed by atoms with Crippen molar-refractivity contribution in [3.63, 3.8) is 0 Å². The number of hydrogen-bond donors (Lipinski definition) is 1. The summed E-state index contributed by atoms with van der Waals surface area (Å²) in [4.78, 5) is 8.60. The van der Waals surface area contributed by atoms with Crippen LogP contribution >= 0.6 is 23.4 Å². The number of halogens is 2. The largest absolute Gasteiger partial charge is 0.493 e. The van der Waals surface area contributed by atoms with Crippen molar-refractivity contribution in [1.82, 2.24) is 9.97 Å². The standard InChI is InChI=1S/C19H19ClFN3O2S/c1-3-27-7-6-26-18-9-13-16(10-17(18)25-2)22-11-23-19(13)24-12-4-5-15(21)14(20)8-12/h4-5,8-11H,3,6-7H2,1-2H3,(H,22,23,24). The molecule has 0 spiro atoms. The molecule has 8 heteroatoms. The zero-order chi connectivity index (χ0) is 19.2. The first kappa shape index (κ1) is 19.5. The number of aromatic nitrogens is 2. The molecule has 0 aliphatic heterocycles. The molecule has 0 fully saturated rings. The minimum atomic E-state index is -0.472. The molecule has 0 radical (unpaired) electrons. The highest BCUT2D eigenvalue weighted by atomic mass is 35.5. The van der Waals surface area contributed by atoms with E-state index in [0.717, 1.165) is 16.9 Å². The second-order valence-corrected chi connectivity index (χ2v) is 7.34. The molecule has 0 saturated carbocycles. The predicted molar refractivity (Wildman–Crippen MR) is 109 cm³/mol. The first-order valence-corrected chi connectivity index (χ1v) is 9.91. The molecular formula is C19H19ClFN3O2S. The normalized spacial score (nSPS) is 10.8. The molecule has 0 amide bonds. The van der Waals surface area contributed by atoms with Gasteiger partial charge in [-0.05, 0) is 30.0 Å². The predicted octanol–water partition coefficient (Wildman–Crippen LogP) is 5.31. The van der Waals surface area contributed by atoms with Crippen LogP contribution in [0, 0.1) is 5.82 Å². The maximum atomic E-state index is 13.4. The van der Waals surface area contributed by atoms with Crippen molar-refractivity contribution in [1.29, 1.82) is 0 Å². The van der Waals surface area contributed by atoms with E-state index in [1.165, 1.54) is 18.5 Å². The molecule has 3 aromatic rings. The Morgan fingerprint density at radius 1 is 1.19 bits per heavy atom. The highest BCUT2D eigenvalue weighted by molar-refractivity contribution is 7.99. The number of nitrogens with zero attached hydrogens (tertiary/aromatic N) is 2. The van der Waals surface area contributed by atoms with Gasteiger partial charge in [0.25, 0.3) is 0 Å². The average Bonchev–Trinajstić information content (AvgIpc) is 2.68. The molecule has 142 valence electrons. The number of fused-ring (bicyclic) bond motifs is 1. The lowest BCUT2D eigenvalue weighted by molar-refractivity contribution is 0.314. The van der Waals surface area contributed by atoms with Crippen LogP contribution in [0.1, 0.15) is 6.92 Å². The minimum Gasteiger partial charge on any atom is -0.493 e. The lowest BCUT2D eigenvalue weighted by Crippen LogP contribution is -2.03. The zero-order valence-electron chi connectivity index (χ0n) is 15.0. The summed E-state index contributed by atoms with van der Waals surface area (Å²) in [6, 6.07) is 8.06. The molecule has 1 N–H and O–H groups in total. The van der Waals surface area contributed by atoms with E-state index in [1.807, 2.05) is 12.1 Å². The number of nitrogens with one attached hydrogen (secondary N) is 1. The SMILES string of the molecule is CCSCCOc1cc2c(Nc3ccc(F)c(Cl)c3)ncnc2cc1OC. The molecule has 0 aliphatic carbocycles. The molecule has 0 aliphatic rings. The first-order chi connectivity index (χ1) is 13.1. The highest BCUT2D eigenvalue weighted by Crippen LogP contribution is 2.35. The molecule has 0 unspecified atom stereocenters. The van der Waals surface area contributed by atoms with Crippen molar-refractivity contribution in [3.05, 3.63) is 47.5 Å². The Morgan fingerprint density at radius 3 is 2.78 bits per heavy atom. The van der Waals surface area contributed by atoms with Gasteiger partial charge in [0.2, 0.25) is 0 Å². The van der Waals surface area contributed by atoms with Gasteiger partial charge in [0, 0.05) is 22.9 Å². The Kier molecular flexibility index (Phi) is 6.58. The summed E-state index contributed by atoms with van der Waals surface area (Å²) in [5, 5.41) is 3.95. The number of rotatable bonds is 8. The zero-order valence-corrected chi connectivity index (χ0v) is 16.5. The summed E-state index contributed by atoms with van der Waals surface area (Å²) in [6.07, 6.45) is 1.45. The smallest absolute Gasteiger partial charge is 0.162 e. The van der Waals surface area contributed by atoms with E-state index in [9.17, 15) is 4.39 Å². The fraction of sp³-hybridized carbons (Fsp3) is 0.263. The first-order valence-electron chi connectivity index (χ1n) is 8.37. The van der Waals surface area contributed by atoms with Crippen LogP contribution < -0.4 is 14.8 Å².